The van der Waals surface area contributed by atoms with E-state index in [1.54, 1.807) is 0 Å². The molecule has 6 nitrogen and oxygen atoms in total. The fourth-order valence-electron chi connectivity index (χ4n) is 11.2. The summed E-state index contributed by atoms with van der Waals surface area (Å²) in [4.78, 5) is 0. The van der Waals surface area contributed by atoms with Crippen LogP contribution in [0.4, 0.5) is 0 Å². The van der Waals surface area contributed by atoms with E-state index in [-0.39, 0.29) is 0 Å². The molecule has 0 aliphatic carbocycles. The van der Waals surface area contributed by atoms with Crippen molar-refractivity contribution in [2.45, 2.75) is 0 Å². The lowest BCUT2D eigenvalue weighted by atomic mass is 9.97. The first-order chi connectivity index (χ1) is 33.7. The third-order valence-electron chi connectivity index (χ3n) is 14.0. The smallest absolute Gasteiger partial charge is 0.0993 e. The van der Waals surface area contributed by atoms with E-state index >= 15 is 0 Å². The molecule has 0 aliphatic heterocycles. The van der Waals surface area contributed by atoms with Gasteiger partial charge in [-0.05, 0) is 90.5 Å². The topological polar surface area (TPSA) is 67.3 Å². The van der Waals surface area contributed by atoms with Crippen molar-refractivity contribution in [3.8, 4) is 46.0 Å². The van der Waals surface area contributed by atoms with E-state index in [2.05, 4.69) is 218 Å². The van der Waals surface area contributed by atoms with Gasteiger partial charge in [-0.25, -0.2) is 0 Å². The molecule has 0 atom stereocenters. The van der Waals surface area contributed by atoms with Crippen LogP contribution in [0.25, 0.3) is 121 Å². The van der Waals surface area contributed by atoms with Crippen molar-refractivity contribution in [3.05, 3.63) is 230 Å². The van der Waals surface area contributed by atoms with Crippen molar-refractivity contribution in [1.29, 1.82) is 10.5 Å². The van der Waals surface area contributed by atoms with E-state index in [0.717, 1.165) is 99.6 Å². The van der Waals surface area contributed by atoms with Crippen molar-refractivity contribution in [2.75, 3.05) is 0 Å². The summed E-state index contributed by atoms with van der Waals surface area (Å²) in [6.45, 7) is 0. The monoisotopic (exact) mass is 864 g/mol. The number of hydrogen-bond donors (Lipinski definition) is 0. The zero-order valence-corrected chi connectivity index (χ0v) is 36.5. The van der Waals surface area contributed by atoms with Gasteiger partial charge in [0.05, 0.1) is 78.8 Å². The van der Waals surface area contributed by atoms with E-state index in [4.69, 9.17) is 0 Å². The van der Waals surface area contributed by atoms with Gasteiger partial charge < -0.3 is 18.3 Å². The Morgan fingerprint density at radius 1 is 0.265 bits per heavy atom. The van der Waals surface area contributed by atoms with Crippen LogP contribution < -0.4 is 0 Å². The van der Waals surface area contributed by atoms with E-state index in [1.807, 2.05) is 30.3 Å². The second kappa shape index (κ2) is 14.4. The normalized spacial score (nSPS) is 11.8. The lowest BCUT2D eigenvalue weighted by Gasteiger charge is -2.21. The summed E-state index contributed by atoms with van der Waals surface area (Å²) < 4.78 is 9.37. The van der Waals surface area contributed by atoms with Crippen LogP contribution in [0.5, 0.6) is 0 Å². The quantitative estimate of drug-likeness (QED) is 0.173. The molecule has 68 heavy (non-hydrogen) atoms. The van der Waals surface area contributed by atoms with Gasteiger partial charge in [-0.3, -0.25) is 0 Å². The molecule has 14 rings (SSSR count). The zero-order valence-electron chi connectivity index (χ0n) is 36.5. The maximum atomic E-state index is 11.1. The summed E-state index contributed by atoms with van der Waals surface area (Å²) in [6.07, 6.45) is 0. The van der Waals surface area contributed by atoms with Gasteiger partial charge in [-0.1, -0.05) is 133 Å². The minimum atomic E-state index is 0.518. The highest BCUT2D eigenvalue weighted by molar-refractivity contribution is 6.15. The Morgan fingerprint density at radius 2 is 0.603 bits per heavy atom. The fraction of sp³-hybridized carbons (Fsp3) is 0. The number of fused-ring (bicyclic) bond motifs is 12. The summed E-state index contributed by atoms with van der Waals surface area (Å²) in [7, 11) is 0. The minimum Gasteiger partial charge on any atom is -0.309 e. The molecule has 0 radical (unpaired) electrons. The van der Waals surface area contributed by atoms with Crippen LogP contribution in [0.2, 0.25) is 0 Å². The molecule has 0 fully saturated rings. The second-order valence-electron chi connectivity index (χ2n) is 17.5. The molecular formula is C62H36N6. The molecule has 0 saturated heterocycles. The van der Waals surface area contributed by atoms with Crippen LogP contribution in [-0.2, 0) is 0 Å². The second-order valence-corrected chi connectivity index (χ2v) is 17.5. The van der Waals surface area contributed by atoms with Crippen LogP contribution in [-0.4, -0.2) is 18.3 Å². The lowest BCUT2D eigenvalue weighted by molar-refractivity contribution is 1.12. The van der Waals surface area contributed by atoms with E-state index in [0.29, 0.717) is 11.1 Å². The van der Waals surface area contributed by atoms with Gasteiger partial charge in [0.25, 0.3) is 0 Å². The maximum absolute atomic E-state index is 11.1. The zero-order chi connectivity index (χ0) is 45.0. The summed E-state index contributed by atoms with van der Waals surface area (Å²) >= 11 is 0. The molecule has 314 valence electrons. The molecule has 6 heteroatoms. The van der Waals surface area contributed by atoms with Gasteiger partial charge in [-0.2, -0.15) is 10.5 Å². The Hall–Kier alpha value is -9.62. The lowest BCUT2D eigenvalue weighted by Crippen LogP contribution is -2.05. The highest BCUT2D eigenvalue weighted by Crippen LogP contribution is 2.45. The predicted octanol–water partition coefficient (Wildman–Crippen LogP) is 15.5. The maximum Gasteiger partial charge on any atom is 0.0993 e. The molecule has 0 saturated carbocycles. The van der Waals surface area contributed by atoms with Gasteiger partial charge in [0.15, 0.2) is 0 Å². The molecular weight excluding hydrogens is 829 g/mol. The molecule has 4 heterocycles. The van der Waals surface area contributed by atoms with Crippen LogP contribution in [0.15, 0.2) is 218 Å². The number of benzene rings is 10. The molecule has 14 aromatic rings. The molecule has 0 aliphatic rings. The van der Waals surface area contributed by atoms with Gasteiger partial charge in [0.1, 0.15) is 0 Å². The molecule has 0 bridgehead atoms. The number of hydrogen-bond acceptors (Lipinski definition) is 2. The van der Waals surface area contributed by atoms with Gasteiger partial charge in [-0.15, -0.1) is 0 Å². The predicted molar refractivity (Wildman–Crippen MR) is 279 cm³/mol. The van der Waals surface area contributed by atoms with E-state index in [1.165, 1.54) is 21.5 Å². The number of para-hydroxylation sites is 6. The first kappa shape index (κ1) is 37.7. The van der Waals surface area contributed by atoms with Crippen LogP contribution in [0.1, 0.15) is 11.1 Å². The third-order valence-corrected chi connectivity index (χ3v) is 14.0. The average Bonchev–Trinajstić information content (AvgIpc) is 4.13. The standard InChI is InChI=1S/C62H36N6/c63-37-39-14-13-15-41(32-39)62-60(67-56-26-11-5-20-48(56)50-30-28-42(35-58(50)67)65-52-22-7-1-16-44(52)45-17-2-8-23-53(45)65)33-40(38-64)34-61(62)68-57-27-12-6-21-49(57)51-31-29-43(36-59(51)68)66-54-24-9-3-18-46(54)47-19-4-10-25-55(47)66/h1-36H. The molecule has 0 unspecified atom stereocenters. The Morgan fingerprint density at radius 3 is 0.971 bits per heavy atom. The van der Waals surface area contributed by atoms with Crippen molar-refractivity contribution in [3.63, 3.8) is 0 Å². The average molecular weight is 865 g/mol. The van der Waals surface area contributed by atoms with Crippen LogP contribution >= 0.6 is 0 Å². The number of nitrogens with zero attached hydrogens (tertiary/aromatic N) is 6. The summed E-state index contributed by atoms with van der Waals surface area (Å²) in [6, 6.07) is 81.8. The minimum absolute atomic E-state index is 0.518. The molecule has 0 amide bonds. The summed E-state index contributed by atoms with van der Waals surface area (Å²) in [5.74, 6) is 0. The molecule has 0 spiro atoms. The summed E-state index contributed by atoms with van der Waals surface area (Å²) in [5, 5.41) is 30.7. The number of aromatic nitrogens is 4. The Labute approximate surface area is 389 Å². The van der Waals surface area contributed by atoms with E-state index in [9.17, 15) is 10.5 Å². The van der Waals surface area contributed by atoms with Crippen molar-refractivity contribution >= 4 is 87.2 Å². The third kappa shape index (κ3) is 5.31. The molecule has 10 aromatic carbocycles. The highest BCUT2D eigenvalue weighted by atomic mass is 15.0. The number of nitriles is 2. The Kier molecular flexibility index (Phi) is 8.01. The fourth-order valence-corrected chi connectivity index (χ4v) is 11.2. The van der Waals surface area contributed by atoms with Gasteiger partial charge in [0, 0.05) is 60.0 Å². The van der Waals surface area contributed by atoms with Crippen molar-refractivity contribution in [2.24, 2.45) is 0 Å². The van der Waals surface area contributed by atoms with Gasteiger partial charge in [0.2, 0.25) is 0 Å². The summed E-state index contributed by atoms with van der Waals surface area (Å²) in [5.41, 5.74) is 15.1. The largest absolute Gasteiger partial charge is 0.309 e. The Bertz CT molecular complexity index is 4180. The first-order valence-corrected chi connectivity index (χ1v) is 22.8. The van der Waals surface area contributed by atoms with E-state index < -0.39 is 0 Å². The first-order valence-electron chi connectivity index (χ1n) is 22.8. The Balaban J connectivity index is 1.12. The van der Waals surface area contributed by atoms with Crippen LogP contribution in [0, 0.1) is 22.7 Å². The van der Waals surface area contributed by atoms with Gasteiger partial charge >= 0.3 is 0 Å². The highest BCUT2D eigenvalue weighted by Gasteiger charge is 2.25. The number of rotatable bonds is 5. The van der Waals surface area contributed by atoms with Crippen molar-refractivity contribution in [1.82, 2.24) is 18.3 Å². The SMILES string of the molecule is N#Cc1cccc(-c2c(-n3c4ccccc4c4ccc(-n5c6ccccc6c6ccccc65)cc43)cc(C#N)cc2-n2c3ccccc3c3ccc(-n4c5ccccc5c5ccccc54)cc32)c1. The van der Waals surface area contributed by atoms with Crippen LogP contribution in [0.3, 0.4) is 0 Å². The molecule has 0 N–H and O–H groups in total. The molecule has 4 aromatic heterocycles. The van der Waals surface area contributed by atoms with Crippen molar-refractivity contribution < 1.29 is 0 Å².